The second-order valence-corrected chi connectivity index (χ2v) is 9.09. The first-order valence-electron chi connectivity index (χ1n) is 11.3. The summed E-state index contributed by atoms with van der Waals surface area (Å²) < 4.78 is 0. The summed E-state index contributed by atoms with van der Waals surface area (Å²) in [7, 11) is 0. The highest BCUT2D eigenvalue weighted by atomic mass is 16.3. The summed E-state index contributed by atoms with van der Waals surface area (Å²) in [5.41, 5.74) is 2.81. The predicted molar refractivity (Wildman–Crippen MR) is 114 cm³/mol. The molecule has 1 fully saturated rings. The van der Waals surface area contributed by atoms with Crippen LogP contribution in [0.25, 0.3) is 0 Å². The van der Waals surface area contributed by atoms with Crippen LogP contribution in [0.1, 0.15) is 76.0 Å². The fourth-order valence-corrected chi connectivity index (χ4v) is 5.15. The van der Waals surface area contributed by atoms with Crippen LogP contribution in [0.4, 0.5) is 0 Å². The van der Waals surface area contributed by atoms with Gasteiger partial charge in [-0.25, -0.2) is 0 Å². The lowest BCUT2D eigenvalue weighted by Gasteiger charge is -2.43. The van der Waals surface area contributed by atoms with Crippen molar-refractivity contribution >= 4 is 5.91 Å². The monoisotopic (exact) mass is 386 g/mol. The van der Waals surface area contributed by atoms with E-state index in [0.29, 0.717) is 24.8 Å². The number of hydrogen-bond donors (Lipinski definition) is 2. The van der Waals surface area contributed by atoms with E-state index in [4.69, 9.17) is 0 Å². The third-order valence-electron chi connectivity index (χ3n) is 6.50. The molecule has 0 bridgehead atoms. The molecular weight excluding hydrogens is 348 g/mol. The fraction of sp³-hybridized carbons (Fsp3) is 0.708. The number of aliphatic hydroxyl groups excluding tert-OH is 1. The van der Waals surface area contributed by atoms with E-state index in [2.05, 4.69) is 48.3 Å². The van der Waals surface area contributed by atoms with Crippen LogP contribution in [0.2, 0.25) is 0 Å². The maximum Gasteiger partial charge on any atom is 0.224 e. The smallest absolute Gasteiger partial charge is 0.224 e. The Morgan fingerprint density at radius 1 is 1.21 bits per heavy atom. The van der Waals surface area contributed by atoms with Gasteiger partial charge in [0.15, 0.2) is 0 Å². The molecule has 4 nitrogen and oxygen atoms in total. The molecule has 0 aromatic heterocycles. The van der Waals surface area contributed by atoms with Crippen LogP contribution in [-0.4, -0.2) is 41.7 Å². The normalized spacial score (nSPS) is 21.6. The summed E-state index contributed by atoms with van der Waals surface area (Å²) in [4.78, 5) is 15.4. The molecule has 1 saturated carbocycles. The van der Waals surface area contributed by atoms with E-state index in [-0.39, 0.29) is 24.6 Å². The van der Waals surface area contributed by atoms with Crippen LogP contribution in [-0.2, 0) is 11.2 Å². The highest BCUT2D eigenvalue weighted by Crippen LogP contribution is 2.42. The molecular formula is C24H38N2O2. The number of fused-ring (bicyclic) bond motifs is 1. The SMILES string of the molecule is CC(C)C[C@@H](CO)NCCC(=O)N1CCc2ccccc2C1C1CCCCC1. The van der Waals surface area contributed by atoms with Gasteiger partial charge in [0.25, 0.3) is 0 Å². The summed E-state index contributed by atoms with van der Waals surface area (Å²) in [5.74, 6) is 1.40. The Hall–Kier alpha value is -1.39. The minimum absolute atomic E-state index is 0.0871. The van der Waals surface area contributed by atoms with Crippen LogP contribution in [0, 0.1) is 11.8 Å². The molecule has 0 saturated heterocycles. The average Bonchev–Trinajstić information content (AvgIpc) is 2.72. The fourth-order valence-electron chi connectivity index (χ4n) is 5.15. The number of nitrogens with one attached hydrogen (secondary N) is 1. The average molecular weight is 387 g/mol. The highest BCUT2D eigenvalue weighted by molar-refractivity contribution is 5.77. The van der Waals surface area contributed by atoms with Gasteiger partial charge in [-0.15, -0.1) is 0 Å². The molecule has 1 amide bonds. The Balaban J connectivity index is 1.66. The molecule has 1 aromatic carbocycles. The molecule has 3 rings (SSSR count). The molecule has 2 N–H and O–H groups in total. The summed E-state index contributed by atoms with van der Waals surface area (Å²) in [5, 5.41) is 12.9. The number of carbonyl (C=O) groups is 1. The van der Waals surface area contributed by atoms with Gasteiger partial charge in [-0.1, -0.05) is 57.4 Å². The van der Waals surface area contributed by atoms with E-state index in [1.807, 2.05) is 0 Å². The van der Waals surface area contributed by atoms with Crippen molar-refractivity contribution in [3.8, 4) is 0 Å². The van der Waals surface area contributed by atoms with Crippen molar-refractivity contribution < 1.29 is 9.90 Å². The molecule has 1 aliphatic carbocycles. The Morgan fingerprint density at radius 3 is 2.68 bits per heavy atom. The zero-order valence-corrected chi connectivity index (χ0v) is 17.7. The van der Waals surface area contributed by atoms with E-state index >= 15 is 0 Å². The number of nitrogens with zero attached hydrogens (tertiary/aromatic N) is 1. The van der Waals surface area contributed by atoms with E-state index in [1.54, 1.807) is 0 Å². The third-order valence-corrected chi connectivity index (χ3v) is 6.50. The molecule has 2 atom stereocenters. The standard InChI is InChI=1S/C24H38N2O2/c1-18(2)16-21(17-27)25-14-12-23(28)26-15-13-19-8-6-7-11-22(19)24(26)20-9-4-3-5-10-20/h6-8,11,18,20-21,24-25,27H,3-5,9-10,12-17H2,1-2H3/t21-,24?/m0/s1. The largest absolute Gasteiger partial charge is 0.395 e. The second-order valence-electron chi connectivity index (χ2n) is 9.09. The third kappa shape index (κ3) is 5.36. The van der Waals surface area contributed by atoms with Gasteiger partial charge in [-0.2, -0.15) is 0 Å². The van der Waals surface area contributed by atoms with Crippen LogP contribution >= 0.6 is 0 Å². The van der Waals surface area contributed by atoms with Gasteiger partial charge in [0.05, 0.1) is 12.6 Å². The lowest BCUT2D eigenvalue weighted by Crippen LogP contribution is -2.45. The van der Waals surface area contributed by atoms with Gasteiger partial charge >= 0.3 is 0 Å². The number of carbonyl (C=O) groups excluding carboxylic acids is 1. The molecule has 0 spiro atoms. The van der Waals surface area contributed by atoms with E-state index in [0.717, 1.165) is 19.4 Å². The maximum atomic E-state index is 13.2. The molecule has 1 unspecified atom stereocenters. The Kier molecular flexibility index (Phi) is 7.92. The minimum Gasteiger partial charge on any atom is -0.395 e. The van der Waals surface area contributed by atoms with Crippen LogP contribution in [0.5, 0.6) is 0 Å². The van der Waals surface area contributed by atoms with Crippen molar-refractivity contribution in [1.82, 2.24) is 10.2 Å². The molecule has 28 heavy (non-hydrogen) atoms. The summed E-state index contributed by atoms with van der Waals surface area (Å²) in [6.45, 7) is 5.94. The number of amides is 1. The van der Waals surface area contributed by atoms with Gasteiger partial charge in [0.2, 0.25) is 5.91 Å². The highest BCUT2D eigenvalue weighted by Gasteiger charge is 2.36. The second kappa shape index (κ2) is 10.4. The number of aliphatic hydroxyl groups is 1. The zero-order valence-electron chi connectivity index (χ0n) is 17.7. The van der Waals surface area contributed by atoms with Crippen LogP contribution < -0.4 is 5.32 Å². The lowest BCUT2D eigenvalue weighted by molar-refractivity contribution is -0.135. The number of hydrogen-bond acceptors (Lipinski definition) is 3. The predicted octanol–water partition coefficient (Wildman–Crippen LogP) is 4.08. The molecule has 0 radical (unpaired) electrons. The van der Waals surface area contributed by atoms with Gasteiger partial charge < -0.3 is 15.3 Å². The Morgan fingerprint density at radius 2 is 1.96 bits per heavy atom. The number of rotatable bonds is 8. The van der Waals surface area contributed by atoms with Crippen molar-refractivity contribution in [2.45, 2.75) is 77.3 Å². The molecule has 1 aliphatic heterocycles. The van der Waals surface area contributed by atoms with Crippen molar-refractivity contribution in [2.75, 3.05) is 19.7 Å². The van der Waals surface area contributed by atoms with Crippen molar-refractivity contribution in [2.24, 2.45) is 11.8 Å². The molecule has 156 valence electrons. The van der Waals surface area contributed by atoms with Gasteiger partial charge in [0.1, 0.15) is 0 Å². The summed E-state index contributed by atoms with van der Waals surface area (Å²) in [6, 6.07) is 9.08. The summed E-state index contributed by atoms with van der Waals surface area (Å²) >= 11 is 0. The maximum absolute atomic E-state index is 13.2. The minimum atomic E-state index is 0.0871. The molecule has 2 aliphatic rings. The first-order valence-corrected chi connectivity index (χ1v) is 11.3. The Labute approximate surface area is 170 Å². The topological polar surface area (TPSA) is 52.6 Å². The molecule has 1 aromatic rings. The zero-order chi connectivity index (χ0) is 19.9. The van der Waals surface area contributed by atoms with Crippen molar-refractivity contribution in [3.05, 3.63) is 35.4 Å². The van der Waals surface area contributed by atoms with Crippen LogP contribution in [0.3, 0.4) is 0 Å². The van der Waals surface area contributed by atoms with Gasteiger partial charge in [-0.05, 0) is 48.6 Å². The first-order chi connectivity index (χ1) is 13.6. The molecule has 4 heteroatoms. The van der Waals surface area contributed by atoms with Crippen LogP contribution in [0.15, 0.2) is 24.3 Å². The van der Waals surface area contributed by atoms with Gasteiger partial charge in [0, 0.05) is 25.6 Å². The lowest BCUT2D eigenvalue weighted by atomic mass is 9.77. The van der Waals surface area contributed by atoms with E-state index in [1.165, 1.54) is 43.2 Å². The molecule has 1 heterocycles. The van der Waals surface area contributed by atoms with E-state index < -0.39 is 0 Å². The quantitative estimate of drug-likeness (QED) is 0.708. The van der Waals surface area contributed by atoms with Gasteiger partial charge in [-0.3, -0.25) is 4.79 Å². The Bertz CT molecular complexity index is 625. The summed E-state index contributed by atoms with van der Waals surface area (Å²) in [6.07, 6.45) is 8.81. The van der Waals surface area contributed by atoms with Crippen molar-refractivity contribution in [3.63, 3.8) is 0 Å². The van der Waals surface area contributed by atoms with Crippen molar-refractivity contribution in [1.29, 1.82) is 0 Å². The van der Waals surface area contributed by atoms with E-state index in [9.17, 15) is 9.90 Å². The first kappa shape index (κ1) is 21.3. The number of benzene rings is 1.